The van der Waals surface area contributed by atoms with Gasteiger partial charge in [-0.3, -0.25) is 4.79 Å². The van der Waals surface area contributed by atoms with Gasteiger partial charge in [-0.25, -0.2) is 9.69 Å². The maximum atomic E-state index is 12.7. The normalized spacial score (nSPS) is 20.9. The van der Waals surface area contributed by atoms with Gasteiger partial charge in [0.1, 0.15) is 6.61 Å². The highest BCUT2D eigenvalue weighted by Crippen LogP contribution is 2.30. The number of hydrogen-bond acceptors (Lipinski definition) is 4. The van der Waals surface area contributed by atoms with Crippen LogP contribution in [0.25, 0.3) is 0 Å². The lowest BCUT2D eigenvalue weighted by Crippen LogP contribution is -2.46. The third-order valence-electron chi connectivity index (χ3n) is 4.07. The van der Waals surface area contributed by atoms with Crippen LogP contribution in [-0.4, -0.2) is 34.8 Å². The number of cyclic esters (lactones) is 1. The minimum absolute atomic E-state index is 0.0797. The van der Waals surface area contributed by atoms with Crippen molar-refractivity contribution in [1.82, 2.24) is 4.90 Å². The molecule has 1 aliphatic rings. The molecule has 0 bridgehead atoms. The number of carbonyl (C=O) groups is 2. The van der Waals surface area contributed by atoms with E-state index in [9.17, 15) is 9.59 Å². The van der Waals surface area contributed by atoms with E-state index in [1.807, 2.05) is 58.0 Å². The molecule has 0 radical (unpaired) electrons. The first-order valence-electron chi connectivity index (χ1n) is 7.63. The van der Waals surface area contributed by atoms with Crippen molar-refractivity contribution in [2.75, 3.05) is 6.61 Å². The zero-order valence-electron chi connectivity index (χ0n) is 13.5. The van der Waals surface area contributed by atoms with Gasteiger partial charge in [0.25, 0.3) is 0 Å². The summed E-state index contributed by atoms with van der Waals surface area (Å²) in [7, 11) is 0. The molecule has 5 heteroatoms. The van der Waals surface area contributed by atoms with Gasteiger partial charge in [-0.1, -0.05) is 45.9 Å². The van der Waals surface area contributed by atoms with Crippen LogP contribution in [0.5, 0.6) is 0 Å². The summed E-state index contributed by atoms with van der Waals surface area (Å²) in [4.78, 5) is 27.0. The van der Waals surface area contributed by atoms with Crippen LogP contribution in [0.2, 0.25) is 0 Å². The third-order valence-corrected chi connectivity index (χ3v) is 5.40. The molecule has 0 aliphatic carbocycles. The van der Waals surface area contributed by atoms with E-state index in [4.69, 9.17) is 4.74 Å². The maximum absolute atomic E-state index is 12.7. The average molecular weight is 321 g/mol. The van der Waals surface area contributed by atoms with Crippen molar-refractivity contribution in [1.29, 1.82) is 0 Å². The van der Waals surface area contributed by atoms with E-state index >= 15 is 0 Å². The summed E-state index contributed by atoms with van der Waals surface area (Å²) in [6, 6.07) is 9.83. The number of carbonyl (C=O) groups excluding carboxylic acids is 2. The minimum atomic E-state index is -0.507. The molecular formula is C17H23NO3S. The maximum Gasteiger partial charge on any atom is 0.416 e. The predicted octanol–water partition coefficient (Wildman–Crippen LogP) is 3.81. The van der Waals surface area contributed by atoms with Crippen molar-refractivity contribution in [3.63, 3.8) is 0 Å². The first kappa shape index (κ1) is 16.9. The summed E-state index contributed by atoms with van der Waals surface area (Å²) >= 11 is 1.65. The van der Waals surface area contributed by atoms with Crippen LogP contribution in [0.15, 0.2) is 35.2 Å². The van der Waals surface area contributed by atoms with E-state index in [1.54, 1.807) is 11.8 Å². The summed E-state index contributed by atoms with van der Waals surface area (Å²) in [5.74, 6) is -0.200. The Morgan fingerprint density at radius 2 is 1.86 bits per heavy atom. The quantitative estimate of drug-likeness (QED) is 0.774. The number of rotatable bonds is 5. The molecule has 0 unspecified atom stereocenters. The molecule has 22 heavy (non-hydrogen) atoms. The highest BCUT2D eigenvalue weighted by molar-refractivity contribution is 8.00. The zero-order valence-corrected chi connectivity index (χ0v) is 14.3. The van der Waals surface area contributed by atoms with Crippen LogP contribution in [0, 0.1) is 11.8 Å². The topological polar surface area (TPSA) is 46.6 Å². The summed E-state index contributed by atoms with van der Waals surface area (Å²) in [5.41, 5.74) is 0. The van der Waals surface area contributed by atoms with Crippen LogP contribution < -0.4 is 0 Å². The van der Waals surface area contributed by atoms with Crippen LogP contribution in [0.3, 0.4) is 0 Å². The molecule has 0 spiro atoms. The molecule has 0 aromatic heterocycles. The first-order valence-corrected chi connectivity index (χ1v) is 8.51. The van der Waals surface area contributed by atoms with Crippen LogP contribution in [-0.2, 0) is 9.53 Å². The van der Waals surface area contributed by atoms with Gasteiger partial charge in [-0.05, 0) is 18.1 Å². The van der Waals surface area contributed by atoms with Crippen molar-refractivity contribution in [3.05, 3.63) is 30.3 Å². The number of nitrogens with zero attached hydrogens (tertiary/aromatic N) is 1. The highest BCUT2D eigenvalue weighted by Gasteiger charge is 2.42. The lowest BCUT2D eigenvalue weighted by molar-refractivity contribution is -0.133. The fourth-order valence-electron chi connectivity index (χ4n) is 2.42. The van der Waals surface area contributed by atoms with E-state index in [0.29, 0.717) is 6.61 Å². The van der Waals surface area contributed by atoms with Crippen molar-refractivity contribution >= 4 is 23.8 Å². The Morgan fingerprint density at radius 1 is 1.23 bits per heavy atom. The van der Waals surface area contributed by atoms with Crippen LogP contribution >= 0.6 is 11.8 Å². The third kappa shape index (κ3) is 3.64. The largest absolute Gasteiger partial charge is 0.447 e. The Labute approximate surface area is 136 Å². The molecule has 2 rings (SSSR count). The number of hydrogen-bond donors (Lipinski definition) is 0. The van der Waals surface area contributed by atoms with Gasteiger partial charge in [-0.2, -0.15) is 0 Å². The van der Waals surface area contributed by atoms with Crippen LogP contribution in [0.1, 0.15) is 27.7 Å². The minimum Gasteiger partial charge on any atom is -0.447 e. The van der Waals surface area contributed by atoms with Crippen LogP contribution in [0.4, 0.5) is 4.79 Å². The molecule has 1 saturated heterocycles. The molecule has 1 fully saturated rings. The number of thioether (sulfide) groups is 1. The zero-order chi connectivity index (χ0) is 16.3. The van der Waals surface area contributed by atoms with E-state index in [-0.39, 0.29) is 29.0 Å². The molecule has 1 aromatic rings. The molecule has 4 nitrogen and oxygen atoms in total. The number of ether oxygens (including phenoxy) is 1. The molecule has 1 aromatic carbocycles. The Hall–Kier alpha value is -1.49. The lowest BCUT2D eigenvalue weighted by atomic mass is 10.0. The lowest BCUT2D eigenvalue weighted by Gasteiger charge is -2.27. The van der Waals surface area contributed by atoms with Crippen molar-refractivity contribution < 1.29 is 14.3 Å². The summed E-state index contributed by atoms with van der Waals surface area (Å²) < 4.78 is 5.07. The summed E-state index contributed by atoms with van der Waals surface area (Å²) in [6.07, 6.45) is -0.507. The van der Waals surface area contributed by atoms with Gasteiger partial charge >= 0.3 is 6.09 Å². The Kier molecular flexibility index (Phi) is 5.51. The number of amides is 2. The monoisotopic (exact) mass is 321 g/mol. The van der Waals surface area contributed by atoms with Gasteiger partial charge in [0.2, 0.25) is 5.91 Å². The van der Waals surface area contributed by atoms with E-state index in [0.717, 1.165) is 4.90 Å². The first-order chi connectivity index (χ1) is 10.4. The van der Waals surface area contributed by atoms with Crippen molar-refractivity contribution in [2.24, 2.45) is 11.8 Å². The molecule has 1 aliphatic heterocycles. The van der Waals surface area contributed by atoms with E-state index in [1.165, 1.54) is 4.90 Å². The Balaban J connectivity index is 2.06. The molecule has 2 amide bonds. The second kappa shape index (κ2) is 7.18. The summed E-state index contributed by atoms with van der Waals surface area (Å²) in [5, 5.41) is 0.0797. The van der Waals surface area contributed by atoms with Gasteiger partial charge < -0.3 is 4.74 Å². The second-order valence-electron chi connectivity index (χ2n) is 6.02. The fraction of sp³-hybridized carbons (Fsp3) is 0.529. The van der Waals surface area contributed by atoms with Crippen molar-refractivity contribution in [2.45, 2.75) is 43.9 Å². The second-order valence-corrected chi connectivity index (χ2v) is 7.47. The average Bonchev–Trinajstić information content (AvgIpc) is 2.88. The van der Waals surface area contributed by atoms with Gasteiger partial charge in [-0.15, -0.1) is 11.8 Å². The predicted molar refractivity (Wildman–Crippen MR) is 87.7 cm³/mol. The highest BCUT2D eigenvalue weighted by atomic mass is 32.2. The van der Waals surface area contributed by atoms with Gasteiger partial charge in [0.05, 0.1) is 6.04 Å². The molecule has 1 heterocycles. The van der Waals surface area contributed by atoms with Crippen molar-refractivity contribution in [3.8, 4) is 0 Å². The molecule has 0 saturated carbocycles. The van der Waals surface area contributed by atoms with E-state index < -0.39 is 6.09 Å². The summed E-state index contributed by atoms with van der Waals surface area (Å²) in [6.45, 7) is 8.20. The molecular weight excluding hydrogens is 298 g/mol. The van der Waals surface area contributed by atoms with E-state index in [2.05, 4.69) is 0 Å². The fourth-order valence-corrected chi connectivity index (χ4v) is 3.48. The number of imide groups is 1. The Morgan fingerprint density at radius 3 is 2.45 bits per heavy atom. The smallest absolute Gasteiger partial charge is 0.416 e. The standard InChI is InChI=1S/C17H23NO3S/c1-11(2)15-10-21-17(20)18(15)16(19)12(3)13(4)22-14-8-6-5-7-9-14/h5-9,11-13,15H,10H2,1-4H3/t12-,13-,15-/m1/s1. The Bertz CT molecular complexity index is 532. The SMILES string of the molecule is CC(C)[C@H]1COC(=O)N1C(=O)[C@H](C)[C@@H](C)Sc1ccccc1. The molecule has 0 N–H and O–H groups in total. The number of benzene rings is 1. The molecule has 3 atom stereocenters. The van der Waals surface area contributed by atoms with Gasteiger partial charge in [0.15, 0.2) is 0 Å². The van der Waals surface area contributed by atoms with Gasteiger partial charge in [0, 0.05) is 16.1 Å². The molecule has 120 valence electrons.